The Morgan fingerprint density at radius 3 is 2.63 bits per heavy atom. The predicted octanol–water partition coefficient (Wildman–Crippen LogP) is 4.31. The van der Waals surface area contributed by atoms with E-state index in [-0.39, 0.29) is 36.0 Å². The Morgan fingerprint density at radius 1 is 1.33 bits per heavy atom. The third-order valence-electron chi connectivity index (χ3n) is 4.63. The molecule has 0 saturated carbocycles. The Morgan fingerprint density at radius 2 is 2.07 bits per heavy atom. The third kappa shape index (κ3) is 7.19. The zero-order chi connectivity index (χ0) is 21.4. The summed E-state index contributed by atoms with van der Waals surface area (Å²) in [5.74, 6) is 1.14. The number of carbonyl (C=O) groups is 1. The molecule has 0 aliphatic carbocycles. The van der Waals surface area contributed by atoms with Crippen LogP contribution in [0.1, 0.15) is 65.6 Å². The molecule has 2 unspecified atom stereocenters. The van der Waals surface area contributed by atoms with Crippen molar-refractivity contribution in [3.63, 3.8) is 0 Å². The Labute approximate surface area is 200 Å². The second-order valence-corrected chi connectivity index (χ2v) is 8.17. The van der Waals surface area contributed by atoms with Gasteiger partial charge in [-0.05, 0) is 38.3 Å². The summed E-state index contributed by atoms with van der Waals surface area (Å²) < 4.78 is 5.10. The van der Waals surface area contributed by atoms with Crippen LogP contribution in [0.3, 0.4) is 0 Å². The zero-order valence-electron chi connectivity index (χ0n) is 18.4. The van der Waals surface area contributed by atoms with Crippen molar-refractivity contribution in [1.29, 1.82) is 0 Å². The molecule has 2 atom stereocenters. The van der Waals surface area contributed by atoms with Gasteiger partial charge in [0.1, 0.15) is 9.88 Å². The van der Waals surface area contributed by atoms with Gasteiger partial charge in [0.2, 0.25) is 0 Å². The van der Waals surface area contributed by atoms with Crippen molar-refractivity contribution in [3.05, 3.63) is 45.7 Å². The van der Waals surface area contributed by atoms with E-state index in [1.54, 1.807) is 20.2 Å². The number of aromatic nitrogens is 2. The molecule has 0 aromatic carbocycles. The van der Waals surface area contributed by atoms with E-state index in [9.17, 15) is 4.79 Å². The Balaban J connectivity index is 0.00000450. The molecule has 9 heteroatoms. The summed E-state index contributed by atoms with van der Waals surface area (Å²) in [5, 5.41) is 7.59. The first-order chi connectivity index (χ1) is 13.9. The number of ether oxygens (including phenoxy) is 1. The lowest BCUT2D eigenvalue weighted by atomic mass is 9.89. The van der Waals surface area contributed by atoms with Gasteiger partial charge in [-0.2, -0.15) is 0 Å². The SMILES string of the molecule is CCOC(=O)c1sc(C(C)NC(=NC)NCC(c2cccnc2)C(C)C)nc1C.I. The Kier molecular flexibility index (Phi) is 11.2. The van der Waals surface area contributed by atoms with Gasteiger partial charge in [0.25, 0.3) is 0 Å². The number of aryl methyl sites for hydroxylation is 1. The normalized spacial score (nSPS) is 13.4. The minimum Gasteiger partial charge on any atom is -0.462 e. The molecule has 2 rings (SSSR count). The van der Waals surface area contributed by atoms with Crippen molar-refractivity contribution < 1.29 is 9.53 Å². The van der Waals surface area contributed by atoms with Crippen molar-refractivity contribution in [3.8, 4) is 0 Å². The lowest BCUT2D eigenvalue weighted by molar-refractivity contribution is 0.0531. The van der Waals surface area contributed by atoms with Crippen molar-refractivity contribution in [2.24, 2.45) is 10.9 Å². The standard InChI is InChI=1S/C21H31N5O2S.HI/c1-7-28-20(27)18-14(4)25-19(29-18)15(5)26-21(22-6)24-12-17(13(2)3)16-9-8-10-23-11-16;/h8-11,13,15,17H,7,12H2,1-6H3,(H2,22,24,26);1H. The second kappa shape index (κ2) is 12.8. The molecule has 0 aliphatic heterocycles. The van der Waals surface area contributed by atoms with Crippen LogP contribution in [0.5, 0.6) is 0 Å². The maximum atomic E-state index is 12.0. The molecule has 0 radical (unpaired) electrons. The lowest BCUT2D eigenvalue weighted by Gasteiger charge is -2.23. The van der Waals surface area contributed by atoms with Crippen LogP contribution in [-0.4, -0.2) is 42.1 Å². The number of thiazole rings is 1. The van der Waals surface area contributed by atoms with Crippen LogP contribution in [0.25, 0.3) is 0 Å². The van der Waals surface area contributed by atoms with Gasteiger partial charge in [-0.15, -0.1) is 35.3 Å². The maximum Gasteiger partial charge on any atom is 0.350 e. The van der Waals surface area contributed by atoms with Crippen molar-refractivity contribution in [2.45, 2.75) is 46.6 Å². The average Bonchev–Trinajstić information content (AvgIpc) is 3.10. The van der Waals surface area contributed by atoms with Gasteiger partial charge in [-0.25, -0.2) is 9.78 Å². The van der Waals surface area contributed by atoms with Crippen LogP contribution >= 0.6 is 35.3 Å². The number of carbonyl (C=O) groups excluding carboxylic acids is 1. The number of hydrogen-bond acceptors (Lipinski definition) is 6. The molecule has 0 spiro atoms. The average molecular weight is 545 g/mol. The van der Waals surface area contributed by atoms with E-state index in [1.807, 2.05) is 26.1 Å². The van der Waals surface area contributed by atoms with Gasteiger partial charge >= 0.3 is 5.97 Å². The number of pyridine rings is 1. The summed E-state index contributed by atoms with van der Waals surface area (Å²) in [5.41, 5.74) is 1.89. The van der Waals surface area contributed by atoms with E-state index in [0.29, 0.717) is 35.0 Å². The monoisotopic (exact) mass is 545 g/mol. The predicted molar refractivity (Wildman–Crippen MR) is 133 cm³/mol. The molecule has 0 bridgehead atoms. The minimum atomic E-state index is -0.320. The fourth-order valence-corrected chi connectivity index (χ4v) is 3.95. The van der Waals surface area contributed by atoms with E-state index in [2.05, 4.69) is 45.5 Å². The number of halogens is 1. The number of rotatable bonds is 8. The number of guanidine groups is 1. The summed E-state index contributed by atoms with van der Waals surface area (Å²) in [6.07, 6.45) is 3.71. The van der Waals surface area contributed by atoms with Crippen molar-refractivity contribution in [1.82, 2.24) is 20.6 Å². The molecular weight excluding hydrogens is 513 g/mol. The van der Waals surface area contributed by atoms with Crippen LogP contribution in [0.2, 0.25) is 0 Å². The van der Waals surface area contributed by atoms with Crippen molar-refractivity contribution >= 4 is 47.2 Å². The molecule has 2 N–H and O–H groups in total. The molecule has 2 aromatic rings. The molecule has 0 amide bonds. The highest BCUT2D eigenvalue weighted by molar-refractivity contribution is 14.0. The molecule has 30 heavy (non-hydrogen) atoms. The fraction of sp³-hybridized carbons (Fsp3) is 0.524. The van der Waals surface area contributed by atoms with Crippen molar-refractivity contribution in [2.75, 3.05) is 20.2 Å². The van der Waals surface area contributed by atoms with E-state index in [1.165, 1.54) is 16.9 Å². The van der Waals surface area contributed by atoms with E-state index >= 15 is 0 Å². The van der Waals surface area contributed by atoms with Gasteiger partial charge < -0.3 is 15.4 Å². The maximum absolute atomic E-state index is 12.0. The summed E-state index contributed by atoms with van der Waals surface area (Å²) in [7, 11) is 1.74. The lowest BCUT2D eigenvalue weighted by Crippen LogP contribution is -2.41. The molecular formula is C21H32IN5O2S. The highest BCUT2D eigenvalue weighted by Gasteiger charge is 2.21. The molecule has 2 heterocycles. The van der Waals surface area contributed by atoms with E-state index < -0.39 is 0 Å². The largest absolute Gasteiger partial charge is 0.462 e. The molecule has 7 nitrogen and oxygen atoms in total. The highest BCUT2D eigenvalue weighted by atomic mass is 127. The first-order valence-corrected chi connectivity index (χ1v) is 10.7. The van der Waals surface area contributed by atoms with Crippen LogP contribution in [0, 0.1) is 12.8 Å². The van der Waals surface area contributed by atoms with Gasteiger partial charge in [-0.3, -0.25) is 9.98 Å². The summed E-state index contributed by atoms with van der Waals surface area (Å²) in [4.78, 5) is 25.7. The first-order valence-electron chi connectivity index (χ1n) is 9.88. The molecule has 166 valence electrons. The van der Waals surface area contributed by atoms with Crippen LogP contribution < -0.4 is 10.6 Å². The fourth-order valence-electron chi connectivity index (χ4n) is 2.99. The highest BCUT2D eigenvalue weighted by Crippen LogP contribution is 2.25. The van der Waals surface area contributed by atoms with E-state index in [4.69, 9.17) is 4.74 Å². The minimum absolute atomic E-state index is 0. The van der Waals surface area contributed by atoms with Crippen LogP contribution in [0.4, 0.5) is 0 Å². The number of aliphatic imine (C=N–C) groups is 1. The van der Waals surface area contributed by atoms with Gasteiger partial charge in [0.15, 0.2) is 5.96 Å². The number of esters is 1. The third-order valence-corrected chi connectivity index (χ3v) is 5.95. The smallest absolute Gasteiger partial charge is 0.350 e. The van der Waals surface area contributed by atoms with E-state index in [0.717, 1.165) is 11.6 Å². The van der Waals surface area contributed by atoms with Crippen LogP contribution in [-0.2, 0) is 4.74 Å². The summed E-state index contributed by atoms with van der Waals surface area (Å²) >= 11 is 1.36. The molecule has 0 saturated heterocycles. The Bertz CT molecular complexity index is 826. The number of nitrogens with one attached hydrogen (secondary N) is 2. The van der Waals surface area contributed by atoms with Crippen LogP contribution in [0.15, 0.2) is 29.5 Å². The summed E-state index contributed by atoms with van der Waals surface area (Å²) in [6.45, 7) is 11.1. The van der Waals surface area contributed by atoms with Gasteiger partial charge in [-0.1, -0.05) is 19.9 Å². The molecule has 0 aliphatic rings. The second-order valence-electron chi connectivity index (χ2n) is 7.14. The first kappa shape index (κ1) is 26.3. The quantitative estimate of drug-likeness (QED) is 0.223. The number of nitrogens with zero attached hydrogens (tertiary/aromatic N) is 3. The topological polar surface area (TPSA) is 88.5 Å². The molecule has 0 fully saturated rings. The van der Waals surface area contributed by atoms with Gasteiger partial charge in [0.05, 0.1) is 18.3 Å². The molecule has 2 aromatic heterocycles. The Hall–Kier alpha value is -1.75. The number of hydrogen-bond donors (Lipinski definition) is 2. The van der Waals surface area contributed by atoms with Gasteiger partial charge in [0, 0.05) is 31.9 Å². The zero-order valence-corrected chi connectivity index (χ0v) is 21.6. The summed E-state index contributed by atoms with van der Waals surface area (Å²) in [6, 6.07) is 3.98.